The number of anilines is 1. The van der Waals surface area contributed by atoms with Crippen molar-refractivity contribution in [1.82, 2.24) is 4.72 Å². The van der Waals surface area contributed by atoms with Crippen LogP contribution in [0.1, 0.15) is 24.5 Å². The number of benzene rings is 2. The van der Waals surface area contributed by atoms with E-state index < -0.39 is 27.7 Å². The molecule has 11 heteroatoms. The summed E-state index contributed by atoms with van der Waals surface area (Å²) in [6.45, 7) is 3.37. The zero-order valence-electron chi connectivity index (χ0n) is 18.6. The zero-order chi connectivity index (χ0) is 24.7. The van der Waals surface area contributed by atoms with E-state index in [-0.39, 0.29) is 36.7 Å². The lowest BCUT2D eigenvalue weighted by Crippen LogP contribution is -2.26. The largest absolute Gasteiger partial charge is 0.461 e. The van der Waals surface area contributed by atoms with Crippen LogP contribution in [0.4, 0.5) is 10.5 Å². The fraction of sp³-hybridized carbons (Fsp3) is 0.261. The normalized spacial score (nSPS) is 11.2. The standard InChI is InChI=1S/C23H24N2O8S/c1-3-31-23(28)25-17-6-9-19-16(12-22(27)33-20(19)13-17)14-32-21(26)10-11-24-34(29,30)18-7-4-15(2)5-8-18/h4-9,12-13,24H,3,10-11,14H2,1-2H3,(H,25,28). The highest BCUT2D eigenvalue weighted by Gasteiger charge is 2.15. The molecule has 1 heterocycles. The molecule has 2 aromatic carbocycles. The Hall–Kier alpha value is -3.70. The SMILES string of the molecule is CCOC(=O)Nc1ccc2c(COC(=O)CCNS(=O)(=O)c3ccc(C)cc3)cc(=O)oc2c1. The molecule has 0 aliphatic carbocycles. The summed E-state index contributed by atoms with van der Waals surface area (Å²) >= 11 is 0. The Bertz CT molecular complexity index is 1350. The summed E-state index contributed by atoms with van der Waals surface area (Å²) in [5, 5.41) is 3.02. The molecule has 3 aromatic rings. The van der Waals surface area contributed by atoms with Crippen molar-refractivity contribution in [3.63, 3.8) is 0 Å². The quantitative estimate of drug-likeness (QED) is 0.346. The van der Waals surface area contributed by atoms with Crippen molar-refractivity contribution in [3.05, 3.63) is 70.1 Å². The Morgan fingerprint density at radius 3 is 2.47 bits per heavy atom. The fourth-order valence-corrected chi connectivity index (χ4v) is 4.06. The molecule has 0 aliphatic rings. The number of esters is 1. The molecule has 34 heavy (non-hydrogen) atoms. The van der Waals surface area contributed by atoms with Gasteiger partial charge in [-0.3, -0.25) is 10.1 Å². The molecule has 0 saturated carbocycles. The third-order valence-corrected chi connectivity index (χ3v) is 6.17. The monoisotopic (exact) mass is 488 g/mol. The Labute approximate surface area is 195 Å². The van der Waals surface area contributed by atoms with Crippen molar-refractivity contribution in [1.29, 1.82) is 0 Å². The number of aryl methyl sites for hydroxylation is 1. The van der Waals surface area contributed by atoms with Crippen LogP contribution >= 0.6 is 0 Å². The maximum absolute atomic E-state index is 12.3. The molecule has 0 fully saturated rings. The maximum Gasteiger partial charge on any atom is 0.411 e. The Kier molecular flexibility index (Phi) is 8.03. The molecule has 0 aliphatic heterocycles. The van der Waals surface area contributed by atoms with E-state index in [9.17, 15) is 22.8 Å². The van der Waals surface area contributed by atoms with Crippen LogP contribution in [0.25, 0.3) is 11.0 Å². The minimum Gasteiger partial charge on any atom is -0.461 e. The molecule has 0 atom stereocenters. The third kappa shape index (κ3) is 6.65. The summed E-state index contributed by atoms with van der Waals surface area (Å²) < 4.78 is 42.1. The van der Waals surface area contributed by atoms with E-state index in [2.05, 4.69) is 10.0 Å². The number of nitrogens with one attached hydrogen (secondary N) is 2. The van der Waals surface area contributed by atoms with Crippen molar-refractivity contribution >= 4 is 38.7 Å². The lowest BCUT2D eigenvalue weighted by Gasteiger charge is -2.10. The van der Waals surface area contributed by atoms with Crippen LogP contribution in [0.5, 0.6) is 0 Å². The van der Waals surface area contributed by atoms with E-state index in [4.69, 9.17) is 13.9 Å². The molecule has 0 bridgehead atoms. The van der Waals surface area contributed by atoms with Crippen LogP contribution in [0.2, 0.25) is 0 Å². The number of amides is 1. The molecule has 0 radical (unpaired) electrons. The first kappa shape index (κ1) is 24.9. The highest BCUT2D eigenvalue weighted by Crippen LogP contribution is 2.22. The van der Waals surface area contributed by atoms with Gasteiger partial charge in [-0.2, -0.15) is 0 Å². The van der Waals surface area contributed by atoms with E-state index >= 15 is 0 Å². The molecule has 180 valence electrons. The number of carbonyl (C=O) groups excluding carboxylic acids is 2. The lowest BCUT2D eigenvalue weighted by molar-refractivity contribution is -0.144. The van der Waals surface area contributed by atoms with Crippen LogP contribution < -0.4 is 15.7 Å². The summed E-state index contributed by atoms with van der Waals surface area (Å²) in [7, 11) is -3.74. The molecular weight excluding hydrogens is 464 g/mol. The number of hydrogen-bond donors (Lipinski definition) is 2. The summed E-state index contributed by atoms with van der Waals surface area (Å²) in [4.78, 5) is 35.7. The Morgan fingerprint density at radius 2 is 1.76 bits per heavy atom. The van der Waals surface area contributed by atoms with Gasteiger partial charge in [0.05, 0.1) is 17.9 Å². The second-order valence-electron chi connectivity index (χ2n) is 7.27. The summed E-state index contributed by atoms with van der Waals surface area (Å²) in [6, 6.07) is 12.2. The molecule has 10 nitrogen and oxygen atoms in total. The van der Waals surface area contributed by atoms with Crippen LogP contribution in [-0.2, 0) is 30.9 Å². The first-order valence-electron chi connectivity index (χ1n) is 10.4. The van der Waals surface area contributed by atoms with Gasteiger partial charge in [-0.05, 0) is 38.1 Å². The van der Waals surface area contributed by atoms with E-state index in [0.717, 1.165) is 5.56 Å². The molecule has 0 unspecified atom stereocenters. The molecule has 3 rings (SSSR count). The second-order valence-corrected chi connectivity index (χ2v) is 9.04. The van der Waals surface area contributed by atoms with Crippen LogP contribution in [0, 0.1) is 6.92 Å². The number of hydrogen-bond acceptors (Lipinski definition) is 8. The molecule has 2 N–H and O–H groups in total. The topological polar surface area (TPSA) is 141 Å². The number of rotatable bonds is 9. The van der Waals surface area contributed by atoms with Crippen molar-refractivity contribution in [2.45, 2.75) is 31.8 Å². The maximum atomic E-state index is 12.3. The average Bonchev–Trinajstić information content (AvgIpc) is 2.77. The molecule has 1 aromatic heterocycles. The van der Waals surface area contributed by atoms with Gasteiger partial charge >= 0.3 is 17.7 Å². The van der Waals surface area contributed by atoms with Gasteiger partial charge in [0, 0.05) is 35.3 Å². The van der Waals surface area contributed by atoms with Gasteiger partial charge in [0.25, 0.3) is 0 Å². The van der Waals surface area contributed by atoms with Crippen LogP contribution in [0.3, 0.4) is 0 Å². The van der Waals surface area contributed by atoms with E-state index in [0.29, 0.717) is 16.6 Å². The van der Waals surface area contributed by atoms with E-state index in [1.54, 1.807) is 31.2 Å². The minimum absolute atomic E-state index is 0.103. The first-order chi connectivity index (χ1) is 16.2. The van der Waals surface area contributed by atoms with E-state index in [1.165, 1.54) is 24.3 Å². The average molecular weight is 489 g/mol. The van der Waals surface area contributed by atoms with Crippen LogP contribution in [-0.4, -0.2) is 33.6 Å². The smallest absolute Gasteiger partial charge is 0.411 e. The highest BCUT2D eigenvalue weighted by molar-refractivity contribution is 7.89. The van der Waals surface area contributed by atoms with E-state index in [1.807, 2.05) is 6.92 Å². The number of sulfonamides is 1. The van der Waals surface area contributed by atoms with Gasteiger partial charge in [-0.15, -0.1) is 0 Å². The van der Waals surface area contributed by atoms with Gasteiger partial charge < -0.3 is 13.9 Å². The lowest BCUT2D eigenvalue weighted by atomic mass is 10.1. The first-order valence-corrected chi connectivity index (χ1v) is 11.9. The second kappa shape index (κ2) is 10.9. The number of carbonyl (C=O) groups is 2. The predicted octanol–water partition coefficient (Wildman–Crippen LogP) is 3.08. The van der Waals surface area contributed by atoms with Gasteiger partial charge in [0.15, 0.2) is 0 Å². The molecule has 0 spiro atoms. The minimum atomic E-state index is -3.74. The predicted molar refractivity (Wildman–Crippen MR) is 124 cm³/mol. The number of fused-ring (bicyclic) bond motifs is 1. The zero-order valence-corrected chi connectivity index (χ0v) is 19.4. The van der Waals surface area contributed by atoms with Gasteiger partial charge in [-0.1, -0.05) is 17.7 Å². The summed E-state index contributed by atoms with van der Waals surface area (Å²) in [5.74, 6) is -0.645. The molecule has 0 saturated heterocycles. The Morgan fingerprint density at radius 1 is 1.03 bits per heavy atom. The molecular formula is C23H24N2O8S. The van der Waals surface area contributed by atoms with Crippen LogP contribution in [0.15, 0.2) is 62.6 Å². The Balaban J connectivity index is 1.59. The number of ether oxygens (including phenoxy) is 2. The fourth-order valence-electron chi connectivity index (χ4n) is 3.03. The summed E-state index contributed by atoms with van der Waals surface area (Å²) in [6.07, 6.45) is -0.842. The molecule has 1 amide bonds. The van der Waals surface area contributed by atoms with Gasteiger partial charge in [0.1, 0.15) is 12.2 Å². The van der Waals surface area contributed by atoms with Crippen molar-refractivity contribution in [3.8, 4) is 0 Å². The van der Waals surface area contributed by atoms with Gasteiger partial charge in [-0.25, -0.2) is 22.7 Å². The van der Waals surface area contributed by atoms with Gasteiger partial charge in [0.2, 0.25) is 10.0 Å². The highest BCUT2D eigenvalue weighted by atomic mass is 32.2. The summed E-state index contributed by atoms with van der Waals surface area (Å²) in [5.41, 5.74) is 1.24. The third-order valence-electron chi connectivity index (χ3n) is 4.69. The van der Waals surface area contributed by atoms with Crippen molar-refractivity contribution in [2.24, 2.45) is 0 Å². The van der Waals surface area contributed by atoms with Crippen molar-refractivity contribution in [2.75, 3.05) is 18.5 Å². The van der Waals surface area contributed by atoms with Crippen molar-refractivity contribution < 1.29 is 31.9 Å².